The second-order valence-corrected chi connectivity index (χ2v) is 4.86. The van der Waals surface area contributed by atoms with Crippen molar-refractivity contribution in [1.29, 1.82) is 0 Å². The molecule has 8 nitrogen and oxygen atoms in total. The predicted octanol–water partition coefficient (Wildman–Crippen LogP) is 1.23. The van der Waals surface area contributed by atoms with Crippen LogP contribution >= 0.6 is 15.9 Å². The van der Waals surface area contributed by atoms with E-state index >= 15 is 0 Å². The van der Waals surface area contributed by atoms with E-state index in [1.165, 1.54) is 13.2 Å². The highest BCUT2D eigenvalue weighted by atomic mass is 79.9. The molecule has 2 N–H and O–H groups in total. The van der Waals surface area contributed by atoms with E-state index in [2.05, 4.69) is 31.0 Å². The molecular weight excluding hydrogens is 346 g/mol. The lowest BCUT2D eigenvalue weighted by Crippen LogP contribution is -2.33. The van der Waals surface area contributed by atoms with Crippen LogP contribution in [-0.4, -0.2) is 46.3 Å². The van der Waals surface area contributed by atoms with Crippen LogP contribution in [0, 0.1) is 0 Å². The molecule has 0 fully saturated rings. The zero-order chi connectivity index (χ0) is 15.6. The first-order valence-electron chi connectivity index (χ1n) is 5.70. The van der Waals surface area contributed by atoms with Gasteiger partial charge < -0.3 is 15.2 Å². The topological polar surface area (TPSA) is 111 Å². The summed E-state index contributed by atoms with van der Waals surface area (Å²) in [5, 5.41) is 11.5. The lowest BCUT2D eigenvalue weighted by atomic mass is 10.3. The van der Waals surface area contributed by atoms with E-state index in [1.807, 2.05) is 0 Å². The van der Waals surface area contributed by atoms with E-state index in [9.17, 15) is 19.5 Å². The maximum atomic E-state index is 12.0. The highest BCUT2D eigenvalue weighted by Crippen LogP contribution is 2.20. The SMILES string of the molecule is COC(=O)CNC(=O)c1nc2cc(Br)ccc2n1C(=O)O. The summed E-state index contributed by atoms with van der Waals surface area (Å²) in [5.74, 6) is -1.75. The summed E-state index contributed by atoms with van der Waals surface area (Å²) in [6, 6.07) is 4.75. The molecular formula is C12H10BrN3O5. The number of nitrogens with zero attached hydrogens (tertiary/aromatic N) is 2. The highest BCUT2D eigenvalue weighted by Gasteiger charge is 2.22. The number of amides is 1. The van der Waals surface area contributed by atoms with Gasteiger partial charge in [0.1, 0.15) is 6.54 Å². The Hall–Kier alpha value is -2.42. The third-order valence-corrected chi connectivity index (χ3v) is 3.13. The molecule has 1 aromatic heterocycles. The fourth-order valence-corrected chi connectivity index (χ4v) is 2.05. The quantitative estimate of drug-likeness (QED) is 0.801. The Kier molecular flexibility index (Phi) is 4.22. The number of carbonyl (C=O) groups excluding carboxylic acids is 2. The van der Waals surface area contributed by atoms with Crippen molar-refractivity contribution in [3.63, 3.8) is 0 Å². The van der Waals surface area contributed by atoms with Gasteiger partial charge in [0.15, 0.2) is 0 Å². The Balaban J connectivity index is 2.42. The molecule has 0 saturated carbocycles. The Morgan fingerprint density at radius 1 is 1.43 bits per heavy atom. The van der Waals surface area contributed by atoms with Crippen molar-refractivity contribution < 1.29 is 24.2 Å². The van der Waals surface area contributed by atoms with E-state index in [1.54, 1.807) is 12.1 Å². The number of esters is 1. The van der Waals surface area contributed by atoms with Gasteiger partial charge in [-0.25, -0.2) is 14.3 Å². The van der Waals surface area contributed by atoms with Gasteiger partial charge in [-0.3, -0.25) is 9.59 Å². The highest BCUT2D eigenvalue weighted by molar-refractivity contribution is 9.10. The van der Waals surface area contributed by atoms with E-state index in [-0.39, 0.29) is 17.9 Å². The average molecular weight is 356 g/mol. The van der Waals surface area contributed by atoms with Gasteiger partial charge in [0, 0.05) is 4.47 Å². The number of carbonyl (C=O) groups is 3. The molecule has 0 aliphatic heterocycles. The van der Waals surface area contributed by atoms with Crippen molar-refractivity contribution in [1.82, 2.24) is 14.9 Å². The van der Waals surface area contributed by atoms with Crippen LogP contribution < -0.4 is 5.32 Å². The molecule has 0 radical (unpaired) electrons. The number of imidazole rings is 1. The predicted molar refractivity (Wildman–Crippen MR) is 75.2 cm³/mol. The first kappa shape index (κ1) is 15.0. The summed E-state index contributed by atoms with van der Waals surface area (Å²) in [5.41, 5.74) is 0.615. The minimum Gasteiger partial charge on any atom is -0.468 e. The van der Waals surface area contributed by atoms with Crippen molar-refractivity contribution in [3.8, 4) is 0 Å². The number of methoxy groups -OCH3 is 1. The maximum Gasteiger partial charge on any atom is 0.417 e. The zero-order valence-electron chi connectivity index (χ0n) is 10.8. The van der Waals surface area contributed by atoms with E-state index < -0.39 is 18.0 Å². The number of carboxylic acid groups (broad SMARTS) is 1. The summed E-state index contributed by atoms with van der Waals surface area (Å²) >= 11 is 3.24. The van der Waals surface area contributed by atoms with Crippen molar-refractivity contribution in [2.45, 2.75) is 0 Å². The molecule has 0 spiro atoms. The van der Waals surface area contributed by atoms with E-state index in [0.717, 1.165) is 4.57 Å². The fourth-order valence-electron chi connectivity index (χ4n) is 1.70. The number of halogens is 1. The number of hydrogen-bond acceptors (Lipinski definition) is 5. The Morgan fingerprint density at radius 3 is 2.76 bits per heavy atom. The van der Waals surface area contributed by atoms with Crippen LogP contribution in [0.4, 0.5) is 4.79 Å². The Labute approximate surface area is 126 Å². The second-order valence-electron chi connectivity index (χ2n) is 3.95. The molecule has 0 unspecified atom stereocenters. The van der Waals surface area contributed by atoms with Gasteiger partial charge >= 0.3 is 12.1 Å². The lowest BCUT2D eigenvalue weighted by Gasteiger charge is -2.04. The van der Waals surface area contributed by atoms with Crippen LogP contribution in [0.15, 0.2) is 22.7 Å². The molecule has 0 saturated heterocycles. The average Bonchev–Trinajstić information content (AvgIpc) is 2.82. The van der Waals surface area contributed by atoms with E-state index in [0.29, 0.717) is 9.99 Å². The van der Waals surface area contributed by atoms with Crippen molar-refractivity contribution >= 4 is 44.9 Å². The normalized spacial score (nSPS) is 10.4. The number of fused-ring (bicyclic) bond motifs is 1. The van der Waals surface area contributed by atoms with Gasteiger partial charge in [0.2, 0.25) is 5.82 Å². The third-order valence-electron chi connectivity index (χ3n) is 2.63. The first-order valence-corrected chi connectivity index (χ1v) is 6.49. The molecule has 1 heterocycles. The van der Waals surface area contributed by atoms with Crippen LogP contribution in [0.25, 0.3) is 11.0 Å². The Bertz CT molecular complexity index is 740. The molecule has 21 heavy (non-hydrogen) atoms. The van der Waals surface area contributed by atoms with Crippen LogP contribution in [0.5, 0.6) is 0 Å². The van der Waals surface area contributed by atoms with Crippen LogP contribution in [0.3, 0.4) is 0 Å². The molecule has 110 valence electrons. The second kappa shape index (κ2) is 5.92. The van der Waals surface area contributed by atoms with Crippen LogP contribution in [-0.2, 0) is 9.53 Å². The monoisotopic (exact) mass is 355 g/mol. The van der Waals surface area contributed by atoms with Crippen molar-refractivity contribution in [2.24, 2.45) is 0 Å². The van der Waals surface area contributed by atoms with Gasteiger partial charge in [-0.1, -0.05) is 15.9 Å². The summed E-state index contributed by atoms with van der Waals surface area (Å²) < 4.78 is 5.84. The van der Waals surface area contributed by atoms with Gasteiger partial charge in [0.25, 0.3) is 5.91 Å². The largest absolute Gasteiger partial charge is 0.468 e. The third kappa shape index (κ3) is 3.02. The molecule has 1 amide bonds. The number of benzene rings is 1. The molecule has 2 rings (SSSR count). The number of nitrogens with one attached hydrogen (secondary N) is 1. The molecule has 1 aromatic carbocycles. The molecule has 0 atom stereocenters. The summed E-state index contributed by atoms with van der Waals surface area (Å²) in [6.45, 7) is -0.373. The summed E-state index contributed by atoms with van der Waals surface area (Å²) in [7, 11) is 1.18. The van der Waals surface area contributed by atoms with Gasteiger partial charge in [-0.05, 0) is 18.2 Å². The summed E-state index contributed by atoms with van der Waals surface area (Å²) in [4.78, 5) is 38.3. The van der Waals surface area contributed by atoms with Crippen molar-refractivity contribution in [2.75, 3.05) is 13.7 Å². The number of hydrogen-bond donors (Lipinski definition) is 2. The molecule has 2 aromatic rings. The van der Waals surface area contributed by atoms with Crippen molar-refractivity contribution in [3.05, 3.63) is 28.5 Å². The minimum absolute atomic E-state index is 0.272. The number of rotatable bonds is 3. The van der Waals surface area contributed by atoms with Crippen LogP contribution in [0.1, 0.15) is 10.6 Å². The lowest BCUT2D eigenvalue weighted by molar-refractivity contribution is -0.139. The number of ether oxygens (including phenoxy) is 1. The smallest absolute Gasteiger partial charge is 0.417 e. The first-order chi connectivity index (χ1) is 9.93. The molecule has 9 heteroatoms. The maximum absolute atomic E-state index is 12.0. The fraction of sp³-hybridized carbons (Fsp3) is 0.167. The van der Waals surface area contributed by atoms with Crippen LogP contribution in [0.2, 0.25) is 0 Å². The number of aromatic nitrogens is 2. The minimum atomic E-state index is -1.34. The van der Waals surface area contributed by atoms with Gasteiger partial charge in [-0.2, -0.15) is 0 Å². The zero-order valence-corrected chi connectivity index (χ0v) is 12.4. The molecule has 0 aliphatic rings. The standard InChI is InChI=1S/C12H10BrN3O5/c1-21-9(17)5-14-11(18)10-15-7-4-6(13)2-3-8(7)16(10)12(19)20/h2-4H,5H2,1H3,(H,14,18)(H,19,20). The Morgan fingerprint density at radius 2 is 2.14 bits per heavy atom. The molecule has 0 aliphatic carbocycles. The van der Waals surface area contributed by atoms with E-state index in [4.69, 9.17) is 0 Å². The van der Waals surface area contributed by atoms with Gasteiger partial charge in [-0.15, -0.1) is 0 Å². The molecule has 0 bridgehead atoms. The van der Waals surface area contributed by atoms with Gasteiger partial charge in [0.05, 0.1) is 18.1 Å². The summed E-state index contributed by atoms with van der Waals surface area (Å²) in [6.07, 6.45) is -1.34.